The van der Waals surface area contributed by atoms with Crippen LogP contribution in [0.3, 0.4) is 0 Å². The molecule has 3 heteroatoms. The van der Waals surface area contributed by atoms with Crippen LogP contribution in [0.25, 0.3) is 0 Å². The molecule has 74 valence electrons. The van der Waals surface area contributed by atoms with Gasteiger partial charge in [0.15, 0.2) is 0 Å². The molecule has 1 aliphatic heterocycles. The zero-order valence-corrected chi connectivity index (χ0v) is 8.45. The van der Waals surface area contributed by atoms with Crippen molar-refractivity contribution in [1.29, 1.82) is 0 Å². The van der Waals surface area contributed by atoms with Crippen LogP contribution in [0.4, 0.5) is 0 Å². The summed E-state index contributed by atoms with van der Waals surface area (Å²) in [6.45, 7) is 9.62. The minimum Gasteiger partial charge on any atom is -0.392 e. The first kappa shape index (κ1) is 10.3. The Labute approximate surface area is 79.1 Å². The van der Waals surface area contributed by atoms with E-state index in [0.29, 0.717) is 6.42 Å². The third kappa shape index (κ3) is 2.31. The van der Waals surface area contributed by atoms with Gasteiger partial charge in [-0.3, -0.25) is 0 Å². The Morgan fingerprint density at radius 3 is 2.69 bits per heavy atom. The molecule has 0 spiro atoms. The van der Waals surface area contributed by atoms with Gasteiger partial charge in [-0.05, 0) is 20.3 Å². The molecule has 1 rings (SSSR count). The number of aliphatic hydroxyl groups excluding tert-OH is 1. The lowest BCUT2D eigenvalue weighted by Gasteiger charge is -2.14. The highest BCUT2D eigenvalue weighted by Crippen LogP contribution is 2.21. The van der Waals surface area contributed by atoms with E-state index >= 15 is 0 Å². The van der Waals surface area contributed by atoms with E-state index in [2.05, 4.69) is 11.7 Å². The topological polar surface area (TPSA) is 41.8 Å². The van der Waals surface area contributed by atoms with Crippen molar-refractivity contribution in [3.63, 3.8) is 0 Å². The van der Waals surface area contributed by atoms with Gasteiger partial charge in [0.25, 0.3) is 0 Å². The summed E-state index contributed by atoms with van der Waals surface area (Å²) >= 11 is 0. The fraction of sp³-hybridized carbons (Fsp3) is 0.700. The molecule has 0 aromatic rings. The summed E-state index contributed by atoms with van der Waals surface area (Å²) in [5, 5.41) is 13.6. The molecular weight excluding hydrogens is 166 g/mol. The Hall–Kier alpha value is -0.830. The van der Waals surface area contributed by atoms with Crippen molar-refractivity contribution in [1.82, 2.24) is 0 Å². The Bertz CT molecular complexity index is 235. The highest BCUT2D eigenvalue weighted by molar-refractivity contribution is 5.91. The first-order chi connectivity index (χ1) is 6.02. The van der Waals surface area contributed by atoms with Crippen LogP contribution in [0.5, 0.6) is 0 Å². The van der Waals surface area contributed by atoms with Gasteiger partial charge in [0, 0.05) is 5.92 Å². The molecule has 0 bridgehead atoms. The number of nitrogens with zero attached hydrogens (tertiary/aromatic N) is 1. The fourth-order valence-corrected chi connectivity index (χ4v) is 1.36. The zero-order chi connectivity index (χ0) is 10.0. The van der Waals surface area contributed by atoms with Crippen LogP contribution in [0.2, 0.25) is 0 Å². The third-order valence-electron chi connectivity index (χ3n) is 2.38. The fourth-order valence-electron chi connectivity index (χ4n) is 1.36. The summed E-state index contributed by atoms with van der Waals surface area (Å²) in [4.78, 5) is 5.08. The summed E-state index contributed by atoms with van der Waals surface area (Å²) < 4.78 is 0. The maximum atomic E-state index is 9.74. The van der Waals surface area contributed by atoms with Gasteiger partial charge in [-0.15, -0.1) is 6.58 Å². The van der Waals surface area contributed by atoms with E-state index in [1.54, 1.807) is 0 Å². The van der Waals surface area contributed by atoms with Crippen molar-refractivity contribution in [3.05, 3.63) is 12.2 Å². The molecule has 0 aliphatic carbocycles. The molecule has 0 amide bonds. The summed E-state index contributed by atoms with van der Waals surface area (Å²) in [6.07, 6.45) is 0.117. The van der Waals surface area contributed by atoms with Crippen molar-refractivity contribution in [2.45, 2.75) is 39.4 Å². The first-order valence-corrected chi connectivity index (χ1v) is 4.58. The molecule has 3 nitrogen and oxygen atoms in total. The van der Waals surface area contributed by atoms with Crippen LogP contribution < -0.4 is 0 Å². The second kappa shape index (κ2) is 3.92. The Kier molecular flexibility index (Phi) is 3.09. The molecular formula is C10H17NO2. The smallest absolute Gasteiger partial charge is 0.132 e. The van der Waals surface area contributed by atoms with Crippen LogP contribution in [0.1, 0.15) is 27.2 Å². The quantitative estimate of drug-likeness (QED) is 0.677. The summed E-state index contributed by atoms with van der Waals surface area (Å²) in [6, 6.07) is 0. The highest BCUT2D eigenvalue weighted by Gasteiger charge is 2.30. The van der Waals surface area contributed by atoms with Crippen molar-refractivity contribution in [2.24, 2.45) is 11.1 Å². The van der Waals surface area contributed by atoms with Gasteiger partial charge in [0.1, 0.15) is 6.10 Å². The first-order valence-electron chi connectivity index (χ1n) is 4.58. The highest BCUT2D eigenvalue weighted by atomic mass is 16.6. The molecule has 3 atom stereocenters. The summed E-state index contributed by atoms with van der Waals surface area (Å²) in [7, 11) is 0. The lowest BCUT2D eigenvalue weighted by molar-refractivity contribution is 0.0799. The minimum absolute atomic E-state index is 0.0785. The standard InChI is InChI=1S/C10H17NO2/c1-6(2)5-9(12)10-7(3)8(4)13-11-10/h7-9,12H,1,5H2,2-4H3/t7-,8+,9+/m0/s1. The summed E-state index contributed by atoms with van der Waals surface area (Å²) in [5.74, 6) is 0.203. The van der Waals surface area contributed by atoms with Crippen LogP contribution >= 0.6 is 0 Å². The number of aliphatic hydroxyl groups is 1. The van der Waals surface area contributed by atoms with Gasteiger partial charge in [-0.2, -0.15) is 0 Å². The van der Waals surface area contributed by atoms with Crippen molar-refractivity contribution in [2.75, 3.05) is 0 Å². The normalized spacial score (nSPS) is 29.4. The van der Waals surface area contributed by atoms with Crippen LogP contribution in [-0.2, 0) is 4.84 Å². The molecule has 0 fully saturated rings. The maximum Gasteiger partial charge on any atom is 0.132 e. The average Bonchev–Trinajstić information content (AvgIpc) is 2.31. The lowest BCUT2D eigenvalue weighted by atomic mass is 9.94. The molecule has 13 heavy (non-hydrogen) atoms. The molecule has 0 aromatic carbocycles. The van der Waals surface area contributed by atoms with Crippen molar-refractivity contribution >= 4 is 5.71 Å². The Morgan fingerprint density at radius 1 is 1.69 bits per heavy atom. The molecule has 0 saturated carbocycles. The van der Waals surface area contributed by atoms with E-state index < -0.39 is 6.10 Å². The second-order valence-electron chi connectivity index (χ2n) is 3.79. The number of hydrogen-bond donors (Lipinski definition) is 1. The monoisotopic (exact) mass is 183 g/mol. The molecule has 0 saturated heterocycles. The second-order valence-corrected chi connectivity index (χ2v) is 3.79. The van der Waals surface area contributed by atoms with Gasteiger partial charge in [-0.25, -0.2) is 0 Å². The predicted molar refractivity (Wildman–Crippen MR) is 52.6 cm³/mol. The van der Waals surface area contributed by atoms with Gasteiger partial charge >= 0.3 is 0 Å². The molecule has 0 unspecified atom stereocenters. The van der Waals surface area contributed by atoms with Crippen LogP contribution in [-0.4, -0.2) is 23.0 Å². The Balaban J connectivity index is 2.57. The van der Waals surface area contributed by atoms with Crippen molar-refractivity contribution < 1.29 is 9.94 Å². The van der Waals surface area contributed by atoms with Gasteiger partial charge in [-0.1, -0.05) is 17.7 Å². The van der Waals surface area contributed by atoms with Crippen molar-refractivity contribution in [3.8, 4) is 0 Å². The van der Waals surface area contributed by atoms with E-state index in [4.69, 9.17) is 4.84 Å². The molecule has 1 heterocycles. The van der Waals surface area contributed by atoms with Crippen LogP contribution in [0.15, 0.2) is 17.3 Å². The molecule has 0 radical (unpaired) electrons. The predicted octanol–water partition coefficient (Wildman–Crippen LogP) is 1.72. The average molecular weight is 183 g/mol. The minimum atomic E-state index is -0.530. The van der Waals surface area contributed by atoms with E-state index in [1.807, 2.05) is 20.8 Å². The van der Waals surface area contributed by atoms with Gasteiger partial charge in [0.05, 0.1) is 11.8 Å². The zero-order valence-electron chi connectivity index (χ0n) is 8.45. The SMILES string of the molecule is C=C(C)C[C@@H](O)C1=NO[C@H](C)[C@@H]1C. The molecule has 0 aromatic heterocycles. The van der Waals surface area contributed by atoms with Gasteiger partial charge in [0.2, 0.25) is 0 Å². The summed E-state index contributed by atoms with van der Waals surface area (Å²) in [5.41, 5.74) is 1.71. The van der Waals surface area contributed by atoms with E-state index in [-0.39, 0.29) is 12.0 Å². The number of oxime groups is 1. The third-order valence-corrected chi connectivity index (χ3v) is 2.38. The van der Waals surface area contributed by atoms with E-state index in [0.717, 1.165) is 11.3 Å². The maximum absolute atomic E-state index is 9.74. The number of hydrogen-bond acceptors (Lipinski definition) is 3. The molecule has 1 N–H and O–H groups in total. The lowest BCUT2D eigenvalue weighted by Crippen LogP contribution is -2.28. The van der Waals surface area contributed by atoms with E-state index in [1.165, 1.54) is 0 Å². The Morgan fingerprint density at radius 2 is 2.31 bits per heavy atom. The largest absolute Gasteiger partial charge is 0.392 e. The number of rotatable bonds is 3. The van der Waals surface area contributed by atoms with E-state index in [9.17, 15) is 5.11 Å². The van der Waals surface area contributed by atoms with Gasteiger partial charge < -0.3 is 9.94 Å². The molecule has 1 aliphatic rings. The van der Waals surface area contributed by atoms with Crippen LogP contribution in [0, 0.1) is 5.92 Å².